The Morgan fingerprint density at radius 3 is 2.50 bits per heavy atom. The van der Waals surface area contributed by atoms with Gasteiger partial charge in [0.2, 0.25) is 5.95 Å². The third-order valence-corrected chi connectivity index (χ3v) is 5.64. The second kappa shape index (κ2) is 9.18. The van der Waals surface area contributed by atoms with Crippen LogP contribution in [0.1, 0.15) is 73.5 Å². The number of carbonyl (C=O) groups is 1. The van der Waals surface area contributed by atoms with E-state index in [1.165, 1.54) is 32.1 Å². The SMILES string of the molecule is CC(C)c1c(CC2CCCCC2)nc(N(C)CC(=O)c2ccccc2)[nH]c1=O. The number of carbonyl (C=O) groups excluding carboxylic acids is 1. The first kappa shape index (κ1) is 20.3. The summed E-state index contributed by atoms with van der Waals surface area (Å²) >= 11 is 0. The van der Waals surface area contributed by atoms with Crippen molar-refractivity contribution in [3.05, 3.63) is 57.5 Å². The van der Waals surface area contributed by atoms with E-state index >= 15 is 0 Å². The summed E-state index contributed by atoms with van der Waals surface area (Å²) in [6.07, 6.45) is 7.12. The Balaban J connectivity index is 1.84. The lowest BCUT2D eigenvalue weighted by molar-refractivity contribution is 0.1000. The van der Waals surface area contributed by atoms with Crippen LogP contribution in [0.25, 0.3) is 0 Å². The Kier molecular flexibility index (Phi) is 6.65. The van der Waals surface area contributed by atoms with Crippen LogP contribution in [0.5, 0.6) is 0 Å². The zero-order valence-corrected chi connectivity index (χ0v) is 17.2. The Morgan fingerprint density at radius 1 is 1.18 bits per heavy atom. The van der Waals surface area contributed by atoms with E-state index in [9.17, 15) is 9.59 Å². The first-order valence-electron chi connectivity index (χ1n) is 10.4. The molecule has 1 heterocycles. The Morgan fingerprint density at radius 2 is 1.86 bits per heavy atom. The van der Waals surface area contributed by atoms with Gasteiger partial charge in [0, 0.05) is 18.2 Å². The van der Waals surface area contributed by atoms with Crippen LogP contribution in [0.4, 0.5) is 5.95 Å². The van der Waals surface area contributed by atoms with Crippen LogP contribution in [-0.2, 0) is 6.42 Å². The maximum absolute atomic E-state index is 12.8. The van der Waals surface area contributed by atoms with Crippen molar-refractivity contribution >= 4 is 11.7 Å². The number of hydrogen-bond acceptors (Lipinski definition) is 4. The number of nitrogens with one attached hydrogen (secondary N) is 1. The number of hydrogen-bond donors (Lipinski definition) is 1. The molecule has 0 spiro atoms. The number of H-pyrrole nitrogens is 1. The fourth-order valence-corrected chi connectivity index (χ4v) is 4.12. The quantitative estimate of drug-likeness (QED) is 0.725. The molecule has 5 heteroatoms. The van der Waals surface area contributed by atoms with Crippen LogP contribution in [-0.4, -0.2) is 29.3 Å². The highest BCUT2D eigenvalue weighted by Crippen LogP contribution is 2.28. The molecule has 3 rings (SSSR count). The van der Waals surface area contributed by atoms with Gasteiger partial charge >= 0.3 is 0 Å². The highest BCUT2D eigenvalue weighted by molar-refractivity contribution is 5.98. The summed E-state index contributed by atoms with van der Waals surface area (Å²) in [4.78, 5) is 34.8. The summed E-state index contributed by atoms with van der Waals surface area (Å²) in [5.41, 5.74) is 2.28. The number of nitrogens with zero attached hydrogens (tertiary/aromatic N) is 2. The number of likely N-dealkylation sites (N-methyl/N-ethyl adjacent to an activating group) is 1. The summed E-state index contributed by atoms with van der Waals surface area (Å²) in [6.45, 7) is 4.26. The molecule has 1 aliphatic rings. The number of rotatable bonds is 7. The van der Waals surface area contributed by atoms with Crippen molar-refractivity contribution in [1.82, 2.24) is 9.97 Å². The van der Waals surface area contributed by atoms with Crippen molar-refractivity contribution in [2.75, 3.05) is 18.5 Å². The topological polar surface area (TPSA) is 66.1 Å². The molecule has 1 fully saturated rings. The van der Waals surface area contributed by atoms with E-state index in [1.807, 2.05) is 44.2 Å². The summed E-state index contributed by atoms with van der Waals surface area (Å²) in [7, 11) is 1.80. The predicted molar refractivity (Wildman–Crippen MR) is 113 cm³/mol. The lowest BCUT2D eigenvalue weighted by Gasteiger charge is -2.24. The Hall–Kier alpha value is -2.43. The zero-order chi connectivity index (χ0) is 20.1. The average Bonchev–Trinajstić information content (AvgIpc) is 2.68. The average molecular weight is 382 g/mol. The van der Waals surface area contributed by atoms with Gasteiger partial charge in [-0.1, -0.05) is 76.3 Å². The first-order chi connectivity index (χ1) is 13.5. The van der Waals surface area contributed by atoms with E-state index in [-0.39, 0.29) is 23.8 Å². The van der Waals surface area contributed by atoms with Gasteiger partial charge in [-0.15, -0.1) is 0 Å². The van der Waals surface area contributed by atoms with Crippen LogP contribution in [0.3, 0.4) is 0 Å². The third-order valence-electron chi connectivity index (χ3n) is 5.64. The minimum Gasteiger partial charge on any atom is -0.338 e. The summed E-state index contributed by atoms with van der Waals surface area (Å²) in [6, 6.07) is 9.22. The smallest absolute Gasteiger partial charge is 0.255 e. The maximum atomic E-state index is 12.8. The van der Waals surface area contributed by atoms with Gasteiger partial charge in [0.15, 0.2) is 5.78 Å². The molecule has 1 aliphatic carbocycles. The van der Waals surface area contributed by atoms with E-state index < -0.39 is 0 Å². The normalized spacial score (nSPS) is 15.0. The zero-order valence-electron chi connectivity index (χ0n) is 17.2. The third kappa shape index (κ3) is 4.89. The standard InChI is InChI=1S/C23H31N3O2/c1-16(2)21-19(14-17-10-6-4-7-11-17)24-23(25-22(21)28)26(3)15-20(27)18-12-8-5-9-13-18/h5,8-9,12-13,16-17H,4,6-7,10-11,14-15H2,1-3H3,(H,24,25,28). The minimum absolute atomic E-state index is 0.00696. The molecule has 2 aromatic rings. The fraction of sp³-hybridized carbons (Fsp3) is 0.522. The molecule has 1 aromatic heterocycles. The molecule has 0 radical (unpaired) electrons. The lowest BCUT2D eigenvalue weighted by atomic mass is 9.84. The van der Waals surface area contributed by atoms with E-state index in [0.29, 0.717) is 17.4 Å². The molecule has 0 saturated heterocycles. The number of benzene rings is 1. The predicted octanol–water partition coefficient (Wildman–Crippen LogP) is 4.34. The van der Waals surface area contributed by atoms with Crippen LogP contribution in [0.2, 0.25) is 0 Å². The van der Waals surface area contributed by atoms with E-state index in [4.69, 9.17) is 4.98 Å². The number of aromatic amines is 1. The van der Waals surface area contributed by atoms with Crippen LogP contribution in [0.15, 0.2) is 35.1 Å². The summed E-state index contributed by atoms with van der Waals surface area (Å²) in [5, 5.41) is 0. The number of anilines is 1. The molecule has 1 aromatic carbocycles. The lowest BCUT2D eigenvalue weighted by Crippen LogP contribution is -2.31. The molecule has 1 N–H and O–H groups in total. The van der Waals surface area contributed by atoms with E-state index in [0.717, 1.165) is 17.7 Å². The molecule has 150 valence electrons. The van der Waals surface area contributed by atoms with Crippen molar-refractivity contribution in [2.24, 2.45) is 5.92 Å². The van der Waals surface area contributed by atoms with Gasteiger partial charge in [-0.2, -0.15) is 0 Å². The molecule has 0 aliphatic heterocycles. The summed E-state index contributed by atoms with van der Waals surface area (Å²) < 4.78 is 0. The molecule has 1 saturated carbocycles. The molecular weight excluding hydrogens is 350 g/mol. The monoisotopic (exact) mass is 381 g/mol. The largest absolute Gasteiger partial charge is 0.338 e. The highest BCUT2D eigenvalue weighted by Gasteiger charge is 2.22. The second-order valence-electron chi connectivity index (χ2n) is 8.26. The first-order valence-corrected chi connectivity index (χ1v) is 10.4. The van der Waals surface area contributed by atoms with Crippen molar-refractivity contribution in [2.45, 2.75) is 58.3 Å². The molecule has 5 nitrogen and oxygen atoms in total. The van der Waals surface area contributed by atoms with E-state index in [2.05, 4.69) is 4.98 Å². The molecule has 0 unspecified atom stereocenters. The van der Waals surface area contributed by atoms with Gasteiger partial charge in [-0.25, -0.2) is 4.98 Å². The molecule has 0 bridgehead atoms. The fourth-order valence-electron chi connectivity index (χ4n) is 4.12. The van der Waals surface area contributed by atoms with Crippen molar-refractivity contribution in [3.8, 4) is 0 Å². The van der Waals surface area contributed by atoms with Crippen molar-refractivity contribution in [1.29, 1.82) is 0 Å². The number of ketones is 1. The number of aromatic nitrogens is 2. The number of Topliss-reactive ketones (excluding diaryl/α,β-unsaturated/α-hetero) is 1. The highest BCUT2D eigenvalue weighted by atomic mass is 16.1. The molecule has 28 heavy (non-hydrogen) atoms. The van der Waals surface area contributed by atoms with Gasteiger partial charge in [-0.3, -0.25) is 14.6 Å². The van der Waals surface area contributed by atoms with Gasteiger partial charge in [0.1, 0.15) is 0 Å². The van der Waals surface area contributed by atoms with Gasteiger partial charge in [0.05, 0.1) is 12.2 Å². The van der Waals surface area contributed by atoms with Crippen molar-refractivity contribution < 1.29 is 4.79 Å². The van der Waals surface area contributed by atoms with Crippen LogP contribution < -0.4 is 10.5 Å². The van der Waals surface area contributed by atoms with Gasteiger partial charge < -0.3 is 4.90 Å². The molecular formula is C23H31N3O2. The van der Waals surface area contributed by atoms with E-state index in [1.54, 1.807) is 11.9 Å². The maximum Gasteiger partial charge on any atom is 0.255 e. The molecule has 0 amide bonds. The van der Waals surface area contributed by atoms with Crippen molar-refractivity contribution in [3.63, 3.8) is 0 Å². The van der Waals surface area contributed by atoms with Crippen LogP contribution >= 0.6 is 0 Å². The Bertz CT molecular complexity index is 852. The summed E-state index contributed by atoms with van der Waals surface area (Å²) in [5.74, 6) is 1.21. The molecule has 0 atom stereocenters. The van der Waals surface area contributed by atoms with Gasteiger partial charge in [0.25, 0.3) is 5.56 Å². The second-order valence-corrected chi connectivity index (χ2v) is 8.26. The Labute approximate surface area is 167 Å². The minimum atomic E-state index is -0.0789. The van der Waals surface area contributed by atoms with Gasteiger partial charge in [-0.05, 0) is 18.3 Å². The van der Waals surface area contributed by atoms with Crippen LogP contribution in [0, 0.1) is 5.92 Å².